The highest BCUT2D eigenvalue weighted by Gasteiger charge is 2.03. The van der Waals surface area contributed by atoms with Gasteiger partial charge in [0.15, 0.2) is 0 Å². The van der Waals surface area contributed by atoms with Crippen LogP contribution in [-0.4, -0.2) is 18.1 Å². The summed E-state index contributed by atoms with van der Waals surface area (Å²) in [5.41, 5.74) is 1.19. The number of aromatic nitrogens is 1. The fourth-order valence-corrected chi connectivity index (χ4v) is 2.13. The predicted molar refractivity (Wildman–Crippen MR) is 80.3 cm³/mol. The molecule has 0 amide bonds. The second kappa shape index (κ2) is 7.26. The van der Waals surface area contributed by atoms with E-state index in [1.54, 1.807) is 6.20 Å². The maximum atomic E-state index is 5.66. The minimum atomic E-state index is 0.278. The zero-order valence-corrected chi connectivity index (χ0v) is 12.4. The topological polar surface area (TPSA) is 34.1 Å². The van der Waals surface area contributed by atoms with Crippen LogP contribution in [0.5, 0.6) is 5.75 Å². The summed E-state index contributed by atoms with van der Waals surface area (Å²) >= 11 is 3.42. The van der Waals surface area contributed by atoms with Crippen molar-refractivity contribution in [1.82, 2.24) is 10.3 Å². The molecule has 3 nitrogen and oxygen atoms in total. The summed E-state index contributed by atoms with van der Waals surface area (Å²) in [6.07, 6.45) is 3.67. The van der Waals surface area contributed by atoms with Crippen molar-refractivity contribution >= 4 is 15.9 Å². The summed E-state index contributed by atoms with van der Waals surface area (Å²) in [6, 6.07) is 12.2. The molecule has 0 spiro atoms. The van der Waals surface area contributed by atoms with Crippen LogP contribution in [0.3, 0.4) is 0 Å². The number of hydrogen-bond donors (Lipinski definition) is 1. The maximum Gasteiger partial charge on any atom is 0.120 e. The van der Waals surface area contributed by atoms with Gasteiger partial charge in [-0.15, -0.1) is 0 Å². The first-order valence-corrected chi connectivity index (χ1v) is 7.06. The number of hydrogen-bond acceptors (Lipinski definition) is 3. The van der Waals surface area contributed by atoms with Crippen LogP contribution < -0.4 is 10.1 Å². The second-order valence-electron chi connectivity index (χ2n) is 4.27. The summed E-state index contributed by atoms with van der Waals surface area (Å²) in [4.78, 5) is 4.11. The third-order valence-corrected chi connectivity index (χ3v) is 3.30. The van der Waals surface area contributed by atoms with E-state index in [0.717, 1.165) is 16.8 Å². The molecular weight excluding hydrogens is 304 g/mol. The van der Waals surface area contributed by atoms with Crippen molar-refractivity contribution in [2.24, 2.45) is 0 Å². The zero-order chi connectivity index (χ0) is 13.5. The quantitative estimate of drug-likeness (QED) is 0.826. The Kier molecular flexibility index (Phi) is 5.36. The van der Waals surface area contributed by atoms with Gasteiger partial charge in [-0.2, -0.15) is 0 Å². The van der Waals surface area contributed by atoms with Gasteiger partial charge >= 0.3 is 0 Å². The molecule has 19 heavy (non-hydrogen) atoms. The highest BCUT2D eigenvalue weighted by molar-refractivity contribution is 9.10. The Morgan fingerprint density at radius 2 is 2.21 bits per heavy atom. The van der Waals surface area contributed by atoms with E-state index >= 15 is 0 Å². The molecule has 0 radical (unpaired) electrons. The summed E-state index contributed by atoms with van der Waals surface area (Å²) < 4.78 is 6.69. The summed E-state index contributed by atoms with van der Waals surface area (Å²) in [7, 11) is 0. The molecule has 1 heterocycles. The lowest BCUT2D eigenvalue weighted by molar-refractivity contribution is 0.307. The van der Waals surface area contributed by atoms with E-state index in [1.807, 2.05) is 36.5 Å². The van der Waals surface area contributed by atoms with Crippen molar-refractivity contribution in [3.05, 3.63) is 58.8 Å². The van der Waals surface area contributed by atoms with Crippen LogP contribution in [0.15, 0.2) is 53.3 Å². The first-order valence-electron chi connectivity index (χ1n) is 6.27. The minimum absolute atomic E-state index is 0.278. The molecule has 0 saturated carbocycles. The molecule has 4 heteroatoms. The molecule has 1 N–H and O–H groups in total. The molecule has 0 bridgehead atoms. The smallest absolute Gasteiger partial charge is 0.120 e. The highest BCUT2D eigenvalue weighted by Crippen LogP contribution is 2.17. The van der Waals surface area contributed by atoms with Crippen molar-refractivity contribution in [2.45, 2.75) is 13.0 Å². The summed E-state index contributed by atoms with van der Waals surface area (Å²) in [5.74, 6) is 0.880. The number of nitrogens with one attached hydrogen (secondary N) is 1. The highest BCUT2D eigenvalue weighted by atomic mass is 79.9. The lowest BCUT2D eigenvalue weighted by Crippen LogP contribution is -2.24. The van der Waals surface area contributed by atoms with Crippen LogP contribution in [0.4, 0.5) is 0 Å². The van der Waals surface area contributed by atoms with E-state index in [-0.39, 0.29) is 6.04 Å². The Hall–Kier alpha value is -1.39. The van der Waals surface area contributed by atoms with Crippen LogP contribution in [0.2, 0.25) is 0 Å². The lowest BCUT2D eigenvalue weighted by atomic mass is 10.1. The first-order chi connectivity index (χ1) is 9.25. The largest absolute Gasteiger partial charge is 0.492 e. The van der Waals surface area contributed by atoms with Gasteiger partial charge in [0.25, 0.3) is 0 Å². The number of rotatable bonds is 6. The minimum Gasteiger partial charge on any atom is -0.492 e. The number of pyridine rings is 1. The standard InChI is InChI=1S/C15H17BrN2O/c1-12(13-4-3-7-17-11-13)18-8-9-19-15-6-2-5-14(16)10-15/h2-7,10-12,18H,8-9H2,1H3/t12-/m1/s1. The molecule has 0 saturated heterocycles. The number of ether oxygens (including phenoxy) is 1. The first kappa shape index (κ1) is 14.0. The van der Waals surface area contributed by atoms with Gasteiger partial charge in [-0.25, -0.2) is 0 Å². The van der Waals surface area contributed by atoms with E-state index in [0.29, 0.717) is 6.61 Å². The lowest BCUT2D eigenvalue weighted by Gasteiger charge is -2.14. The van der Waals surface area contributed by atoms with E-state index in [9.17, 15) is 0 Å². The Morgan fingerprint density at radius 3 is 2.95 bits per heavy atom. The van der Waals surface area contributed by atoms with Crippen LogP contribution in [-0.2, 0) is 0 Å². The SMILES string of the molecule is C[C@@H](NCCOc1cccc(Br)c1)c1cccnc1. The molecule has 2 aromatic rings. The molecule has 0 aliphatic heterocycles. The fraction of sp³-hybridized carbons (Fsp3) is 0.267. The van der Waals surface area contributed by atoms with Crippen molar-refractivity contribution in [1.29, 1.82) is 0 Å². The Balaban J connectivity index is 1.72. The Morgan fingerprint density at radius 1 is 1.32 bits per heavy atom. The molecule has 1 aromatic heterocycles. The molecule has 0 fully saturated rings. The zero-order valence-electron chi connectivity index (χ0n) is 10.8. The van der Waals surface area contributed by atoms with Gasteiger partial charge in [-0.1, -0.05) is 28.1 Å². The van der Waals surface area contributed by atoms with Crippen LogP contribution in [0.25, 0.3) is 0 Å². The van der Waals surface area contributed by atoms with Gasteiger partial charge in [0.2, 0.25) is 0 Å². The molecule has 1 aromatic carbocycles. The second-order valence-corrected chi connectivity index (χ2v) is 5.18. The number of halogens is 1. The van der Waals surface area contributed by atoms with Gasteiger partial charge in [0.05, 0.1) is 0 Å². The maximum absolute atomic E-state index is 5.66. The van der Waals surface area contributed by atoms with Crippen LogP contribution >= 0.6 is 15.9 Å². The molecule has 0 unspecified atom stereocenters. The van der Waals surface area contributed by atoms with Gasteiger partial charge in [0, 0.05) is 29.5 Å². The molecule has 0 aliphatic rings. The molecule has 1 atom stereocenters. The van der Waals surface area contributed by atoms with Gasteiger partial charge in [-0.3, -0.25) is 4.98 Å². The van der Waals surface area contributed by atoms with Crippen molar-refractivity contribution < 1.29 is 4.74 Å². The number of benzene rings is 1. The van der Waals surface area contributed by atoms with Crippen molar-refractivity contribution in [2.75, 3.05) is 13.2 Å². The molecule has 100 valence electrons. The van der Waals surface area contributed by atoms with Gasteiger partial charge < -0.3 is 10.1 Å². The predicted octanol–water partition coefficient (Wildman–Crippen LogP) is 3.57. The summed E-state index contributed by atoms with van der Waals surface area (Å²) in [6.45, 7) is 3.56. The van der Waals surface area contributed by atoms with Gasteiger partial charge in [0.1, 0.15) is 12.4 Å². The van der Waals surface area contributed by atoms with Crippen LogP contribution in [0.1, 0.15) is 18.5 Å². The van der Waals surface area contributed by atoms with Crippen LogP contribution in [0, 0.1) is 0 Å². The fourth-order valence-electron chi connectivity index (χ4n) is 1.75. The number of nitrogens with zero attached hydrogens (tertiary/aromatic N) is 1. The molecule has 0 aliphatic carbocycles. The van der Waals surface area contributed by atoms with E-state index in [2.05, 4.69) is 39.2 Å². The average Bonchev–Trinajstić information content (AvgIpc) is 2.44. The normalized spacial score (nSPS) is 12.1. The van der Waals surface area contributed by atoms with E-state index in [4.69, 9.17) is 4.74 Å². The van der Waals surface area contributed by atoms with E-state index < -0.39 is 0 Å². The van der Waals surface area contributed by atoms with Crippen molar-refractivity contribution in [3.8, 4) is 5.75 Å². The Bertz CT molecular complexity index is 505. The molecular formula is C15H17BrN2O. The van der Waals surface area contributed by atoms with E-state index in [1.165, 1.54) is 5.56 Å². The monoisotopic (exact) mass is 320 g/mol. The van der Waals surface area contributed by atoms with Gasteiger partial charge in [-0.05, 0) is 36.8 Å². The third-order valence-electron chi connectivity index (χ3n) is 2.80. The summed E-state index contributed by atoms with van der Waals surface area (Å²) in [5, 5.41) is 3.41. The molecule has 2 rings (SSSR count). The average molecular weight is 321 g/mol. The van der Waals surface area contributed by atoms with Crippen molar-refractivity contribution in [3.63, 3.8) is 0 Å². The third kappa shape index (κ3) is 4.65. The Labute approximate surface area is 122 Å².